The monoisotopic (exact) mass is 398 g/mol. The van der Waals surface area contributed by atoms with Crippen molar-refractivity contribution in [2.75, 3.05) is 0 Å². The topological polar surface area (TPSA) is 68.8 Å². The molecule has 1 heterocycles. The smallest absolute Gasteiger partial charge is 0.246 e. The van der Waals surface area contributed by atoms with Crippen molar-refractivity contribution in [3.63, 3.8) is 0 Å². The maximum atomic E-state index is 12.1. The van der Waals surface area contributed by atoms with Crippen LogP contribution in [-0.2, 0) is 4.84 Å². The van der Waals surface area contributed by atoms with E-state index in [1.807, 2.05) is 20.8 Å². The minimum Gasteiger partial charge on any atom is -0.618 e. The molecule has 0 atom stereocenters. The van der Waals surface area contributed by atoms with Crippen LogP contribution >= 0.6 is 27.5 Å². The van der Waals surface area contributed by atoms with E-state index in [0.717, 1.165) is 0 Å². The number of pyridine rings is 1. The summed E-state index contributed by atoms with van der Waals surface area (Å²) < 4.78 is 1.23. The fourth-order valence-electron chi connectivity index (χ4n) is 1.75. The van der Waals surface area contributed by atoms with Crippen LogP contribution in [0.25, 0.3) is 0 Å². The van der Waals surface area contributed by atoms with Crippen molar-refractivity contribution in [2.45, 2.75) is 26.4 Å². The van der Waals surface area contributed by atoms with Gasteiger partial charge in [0.2, 0.25) is 5.69 Å². The van der Waals surface area contributed by atoms with Gasteiger partial charge in [-0.15, -0.1) is 0 Å². The normalized spacial score (nSPS) is 12.3. The van der Waals surface area contributed by atoms with Crippen molar-refractivity contribution in [1.29, 1.82) is 0 Å². The molecule has 0 spiro atoms. The highest BCUT2D eigenvalue weighted by Crippen LogP contribution is 2.31. The highest BCUT2D eigenvalue weighted by Gasteiger charge is 2.23. The lowest BCUT2D eigenvalue weighted by Crippen LogP contribution is -2.34. The number of aromatic nitrogens is 1. The van der Waals surface area contributed by atoms with E-state index in [9.17, 15) is 10.3 Å². The Hall–Kier alpha value is -1.79. The zero-order valence-corrected chi connectivity index (χ0v) is 15.2. The largest absolute Gasteiger partial charge is 0.618 e. The molecule has 0 aliphatic carbocycles. The number of phenols is 1. The van der Waals surface area contributed by atoms with Crippen LogP contribution in [0.2, 0.25) is 5.02 Å². The number of benzene rings is 1. The molecule has 0 saturated heterocycles. The predicted octanol–water partition coefficient (Wildman–Crippen LogP) is 4.01. The van der Waals surface area contributed by atoms with Crippen LogP contribution in [0.15, 0.2) is 46.2 Å². The van der Waals surface area contributed by atoms with Gasteiger partial charge in [0.05, 0.1) is 10.6 Å². The Morgan fingerprint density at radius 2 is 2.04 bits per heavy atom. The summed E-state index contributed by atoms with van der Waals surface area (Å²) in [5.74, 6) is -0.0988. The highest BCUT2D eigenvalue weighted by molar-refractivity contribution is 9.10. The van der Waals surface area contributed by atoms with Crippen molar-refractivity contribution in [3.8, 4) is 5.75 Å². The summed E-state index contributed by atoms with van der Waals surface area (Å²) in [5.41, 5.74) is 0.250. The van der Waals surface area contributed by atoms with Crippen LogP contribution in [0.5, 0.6) is 5.75 Å². The number of hydrogen-bond donors (Lipinski definition) is 1. The number of nitrogens with zero attached hydrogens (tertiary/aromatic N) is 2. The standard InChI is InChI=1S/C16H16BrClN2O3/c1-16(2,3)23-19-15(13-6-4-5-7-20(13)22)10-8-11(17)12(18)9-14(10)21/h4-9,21H,1-3H3. The van der Waals surface area contributed by atoms with E-state index in [-0.39, 0.29) is 17.2 Å². The average Bonchev–Trinajstić information content (AvgIpc) is 2.45. The summed E-state index contributed by atoms with van der Waals surface area (Å²) in [6, 6.07) is 7.88. The van der Waals surface area contributed by atoms with Gasteiger partial charge in [0.15, 0.2) is 11.9 Å². The minimum absolute atomic E-state index is 0.0988. The summed E-state index contributed by atoms with van der Waals surface area (Å²) in [7, 11) is 0. The maximum Gasteiger partial charge on any atom is 0.246 e. The molecular weight excluding hydrogens is 384 g/mol. The van der Waals surface area contributed by atoms with Gasteiger partial charge < -0.3 is 15.2 Å². The second-order valence-corrected chi connectivity index (χ2v) is 7.10. The zero-order valence-electron chi connectivity index (χ0n) is 12.9. The van der Waals surface area contributed by atoms with Crippen LogP contribution in [0.4, 0.5) is 0 Å². The Bertz CT molecular complexity index is 757. The summed E-state index contributed by atoms with van der Waals surface area (Å²) in [6.07, 6.45) is 1.35. The van der Waals surface area contributed by atoms with Gasteiger partial charge in [-0.05, 0) is 48.8 Å². The Balaban J connectivity index is 2.64. The Morgan fingerprint density at radius 3 is 2.65 bits per heavy atom. The fourth-order valence-corrected chi connectivity index (χ4v) is 2.26. The number of phenolic OH excluding ortho intramolecular Hbond substituents is 1. The highest BCUT2D eigenvalue weighted by atomic mass is 79.9. The van der Waals surface area contributed by atoms with Crippen LogP contribution in [0.3, 0.4) is 0 Å². The molecule has 0 radical (unpaired) electrons. The molecule has 5 nitrogen and oxygen atoms in total. The average molecular weight is 400 g/mol. The first-order chi connectivity index (χ1) is 10.7. The molecule has 0 bridgehead atoms. The van der Waals surface area contributed by atoms with Gasteiger partial charge in [0.1, 0.15) is 11.4 Å². The summed E-state index contributed by atoms with van der Waals surface area (Å²) in [5, 5.41) is 26.7. The molecule has 122 valence electrons. The lowest BCUT2D eigenvalue weighted by molar-refractivity contribution is -0.606. The number of rotatable bonds is 3. The Morgan fingerprint density at radius 1 is 1.35 bits per heavy atom. The lowest BCUT2D eigenvalue weighted by Gasteiger charge is -2.17. The zero-order chi connectivity index (χ0) is 17.2. The summed E-state index contributed by atoms with van der Waals surface area (Å²) in [6.45, 7) is 5.51. The molecule has 0 fully saturated rings. The quantitative estimate of drug-likeness (QED) is 0.367. The molecule has 0 unspecified atom stereocenters. The number of hydrogen-bond acceptors (Lipinski definition) is 4. The van der Waals surface area contributed by atoms with Crippen molar-refractivity contribution in [3.05, 3.63) is 62.5 Å². The Kier molecular flexibility index (Phi) is 5.16. The second-order valence-electron chi connectivity index (χ2n) is 5.84. The van der Waals surface area contributed by atoms with E-state index in [2.05, 4.69) is 21.1 Å². The molecule has 0 aliphatic rings. The molecule has 2 aromatic rings. The van der Waals surface area contributed by atoms with Gasteiger partial charge in [0.25, 0.3) is 0 Å². The number of aromatic hydroxyl groups is 1. The van der Waals surface area contributed by atoms with Crippen molar-refractivity contribution in [1.82, 2.24) is 0 Å². The second kappa shape index (κ2) is 6.76. The van der Waals surface area contributed by atoms with Crippen LogP contribution in [0.1, 0.15) is 32.0 Å². The third-order valence-corrected chi connectivity index (χ3v) is 3.97. The van der Waals surface area contributed by atoms with Crippen LogP contribution in [-0.4, -0.2) is 16.4 Å². The first-order valence-corrected chi connectivity index (χ1v) is 7.99. The van der Waals surface area contributed by atoms with Crippen molar-refractivity contribution < 1.29 is 14.7 Å². The molecule has 7 heteroatoms. The maximum absolute atomic E-state index is 12.1. The summed E-state index contributed by atoms with van der Waals surface area (Å²) >= 11 is 9.28. The number of halogens is 2. The molecular formula is C16H16BrClN2O3. The van der Waals surface area contributed by atoms with Gasteiger partial charge in [-0.1, -0.05) is 16.8 Å². The van der Waals surface area contributed by atoms with E-state index >= 15 is 0 Å². The SMILES string of the molecule is CC(C)(C)ON=C(c1cc(Br)c(Cl)cc1O)c1cccc[n+]1[O-]. The lowest BCUT2D eigenvalue weighted by atomic mass is 10.1. The van der Waals surface area contributed by atoms with E-state index in [0.29, 0.717) is 19.8 Å². The predicted molar refractivity (Wildman–Crippen MR) is 92.7 cm³/mol. The molecule has 0 amide bonds. The van der Waals surface area contributed by atoms with Gasteiger partial charge >= 0.3 is 0 Å². The molecule has 0 saturated carbocycles. The summed E-state index contributed by atoms with van der Waals surface area (Å²) in [4.78, 5) is 5.46. The molecule has 0 aliphatic heterocycles. The number of oxime groups is 1. The van der Waals surface area contributed by atoms with E-state index < -0.39 is 5.60 Å². The van der Waals surface area contributed by atoms with Gasteiger partial charge in [-0.25, -0.2) is 0 Å². The van der Waals surface area contributed by atoms with Gasteiger partial charge in [-0.3, -0.25) is 0 Å². The first-order valence-electron chi connectivity index (χ1n) is 6.82. The van der Waals surface area contributed by atoms with Crippen LogP contribution in [0, 0.1) is 5.21 Å². The van der Waals surface area contributed by atoms with E-state index in [1.54, 1.807) is 24.3 Å². The molecule has 1 N–H and O–H groups in total. The molecule has 2 rings (SSSR count). The molecule has 1 aromatic heterocycles. The molecule has 1 aromatic carbocycles. The van der Waals surface area contributed by atoms with Crippen LogP contribution < -0.4 is 4.73 Å². The minimum atomic E-state index is -0.549. The fraction of sp³-hybridized carbons (Fsp3) is 0.250. The molecule has 23 heavy (non-hydrogen) atoms. The first kappa shape index (κ1) is 17.6. The van der Waals surface area contributed by atoms with Crippen molar-refractivity contribution in [2.24, 2.45) is 5.16 Å². The Labute approximate surface area is 147 Å². The van der Waals surface area contributed by atoms with E-state index in [1.165, 1.54) is 12.3 Å². The van der Waals surface area contributed by atoms with Gasteiger partial charge in [-0.2, -0.15) is 4.73 Å². The third-order valence-electron chi connectivity index (χ3n) is 2.77. The van der Waals surface area contributed by atoms with Gasteiger partial charge in [0, 0.05) is 22.7 Å². The third kappa shape index (κ3) is 4.36. The van der Waals surface area contributed by atoms with Crippen molar-refractivity contribution >= 4 is 33.2 Å². The van der Waals surface area contributed by atoms with E-state index in [4.69, 9.17) is 16.4 Å².